The lowest BCUT2D eigenvalue weighted by molar-refractivity contribution is -0.108. The number of ether oxygens (including phenoxy) is 1. The minimum absolute atomic E-state index is 0.175. The lowest BCUT2D eigenvalue weighted by Gasteiger charge is -2.19. The van der Waals surface area contributed by atoms with E-state index in [1.165, 1.54) is 0 Å². The number of carbonyl (C=O) groups excluding carboxylic acids is 1. The Hall–Kier alpha value is -3.26. The van der Waals surface area contributed by atoms with Gasteiger partial charge in [-0.3, -0.25) is 9.59 Å². The van der Waals surface area contributed by atoms with Crippen molar-refractivity contribution in [2.24, 2.45) is 0 Å². The van der Waals surface area contributed by atoms with E-state index in [4.69, 9.17) is 23.2 Å². The molecular weight excluding hydrogens is 501 g/mol. The van der Waals surface area contributed by atoms with Crippen LogP contribution in [0.1, 0.15) is 18.9 Å². The van der Waals surface area contributed by atoms with Crippen molar-refractivity contribution in [2.45, 2.75) is 25.8 Å². The summed E-state index contributed by atoms with van der Waals surface area (Å²) in [5, 5.41) is 7.80. The Morgan fingerprint density at radius 3 is 2.31 bits per heavy atom. The molecule has 0 saturated carbocycles. The van der Waals surface area contributed by atoms with Gasteiger partial charge in [-0.15, -0.1) is 0 Å². The molecule has 2 N–H and O–H groups in total. The normalized spacial score (nSPS) is 11.6. The molecule has 0 saturated heterocycles. The number of rotatable bonds is 9. The summed E-state index contributed by atoms with van der Waals surface area (Å²) in [6, 6.07) is 14.1. The minimum atomic E-state index is -0.651. The number of carbonyl (C=O) groups is 1. The van der Waals surface area contributed by atoms with Gasteiger partial charge >= 0.3 is 0 Å². The van der Waals surface area contributed by atoms with Crippen molar-refractivity contribution in [3.8, 4) is 11.3 Å². The van der Waals surface area contributed by atoms with Crippen molar-refractivity contribution in [1.29, 1.82) is 0 Å². The lowest BCUT2D eigenvalue weighted by Crippen LogP contribution is -2.40. The quantitative estimate of drug-likeness (QED) is 0.230. The van der Waals surface area contributed by atoms with E-state index in [0.29, 0.717) is 34.3 Å². The van der Waals surface area contributed by atoms with Crippen LogP contribution in [0.25, 0.3) is 22.2 Å². The maximum absolute atomic E-state index is 12.0. The minimum Gasteiger partial charge on any atom is -0.388 e. The first kappa shape index (κ1) is 27.3. The first-order valence-corrected chi connectivity index (χ1v) is 12.1. The molecule has 0 aliphatic carbocycles. The number of anilines is 2. The molecule has 7 nitrogen and oxygen atoms in total. The molecule has 188 valence electrons. The average Bonchev–Trinajstić information content (AvgIpc) is 2.87. The number of fused-ring (bicyclic) bond motifs is 1. The molecule has 1 atom stereocenters. The SMILES string of the molecule is CCCNc1c(NC(C=O)Cc2ccc3nc(-c4c(Cl)cccc4Cl)ccc3c2)c(=O)c1=O.COC. The van der Waals surface area contributed by atoms with Crippen LogP contribution in [0, 0.1) is 0 Å². The summed E-state index contributed by atoms with van der Waals surface area (Å²) in [7, 11) is 3.25. The van der Waals surface area contributed by atoms with E-state index in [2.05, 4.69) is 20.4 Å². The van der Waals surface area contributed by atoms with Gasteiger partial charge in [0.25, 0.3) is 10.9 Å². The molecule has 1 heterocycles. The van der Waals surface area contributed by atoms with Gasteiger partial charge in [0, 0.05) is 31.7 Å². The highest BCUT2D eigenvalue weighted by Gasteiger charge is 2.23. The Labute approximate surface area is 219 Å². The monoisotopic (exact) mass is 527 g/mol. The molecule has 0 radical (unpaired) electrons. The van der Waals surface area contributed by atoms with E-state index in [1.54, 1.807) is 32.4 Å². The van der Waals surface area contributed by atoms with Crippen LogP contribution in [-0.4, -0.2) is 38.1 Å². The van der Waals surface area contributed by atoms with Gasteiger partial charge in [0.15, 0.2) is 0 Å². The van der Waals surface area contributed by atoms with Crippen LogP contribution in [0.15, 0.2) is 58.1 Å². The number of aromatic nitrogens is 1. The van der Waals surface area contributed by atoms with Crippen LogP contribution >= 0.6 is 23.2 Å². The first-order valence-electron chi connectivity index (χ1n) is 11.4. The number of hydrogen-bond donors (Lipinski definition) is 2. The molecule has 0 aliphatic heterocycles. The fraction of sp³-hybridized carbons (Fsp3) is 0.259. The van der Waals surface area contributed by atoms with Crippen LogP contribution < -0.4 is 21.5 Å². The van der Waals surface area contributed by atoms with Crippen molar-refractivity contribution in [3.63, 3.8) is 0 Å². The second-order valence-electron chi connectivity index (χ2n) is 8.15. The molecule has 9 heteroatoms. The van der Waals surface area contributed by atoms with Crippen LogP contribution in [0.3, 0.4) is 0 Å². The third-order valence-electron chi connectivity index (χ3n) is 5.38. The highest BCUT2D eigenvalue weighted by Crippen LogP contribution is 2.34. The number of halogens is 2. The molecule has 1 aromatic heterocycles. The summed E-state index contributed by atoms with van der Waals surface area (Å²) < 4.78 is 4.25. The van der Waals surface area contributed by atoms with E-state index in [1.807, 2.05) is 37.3 Å². The van der Waals surface area contributed by atoms with E-state index in [-0.39, 0.29) is 11.4 Å². The number of pyridine rings is 1. The topological polar surface area (TPSA) is 97.4 Å². The Morgan fingerprint density at radius 2 is 1.67 bits per heavy atom. The number of benzene rings is 2. The molecule has 3 aromatic carbocycles. The molecule has 0 spiro atoms. The zero-order chi connectivity index (χ0) is 26.2. The van der Waals surface area contributed by atoms with Gasteiger partial charge < -0.3 is 20.2 Å². The Balaban J connectivity index is 0.00000115. The molecule has 0 aliphatic rings. The van der Waals surface area contributed by atoms with Crippen molar-refractivity contribution >= 4 is 51.8 Å². The number of hydrogen-bond acceptors (Lipinski definition) is 7. The Kier molecular flexibility index (Phi) is 9.58. The molecule has 36 heavy (non-hydrogen) atoms. The van der Waals surface area contributed by atoms with Gasteiger partial charge in [-0.05, 0) is 48.7 Å². The first-order chi connectivity index (χ1) is 17.3. The summed E-state index contributed by atoms with van der Waals surface area (Å²) in [5.74, 6) is 0. The second-order valence-corrected chi connectivity index (χ2v) is 8.97. The van der Waals surface area contributed by atoms with E-state index in [9.17, 15) is 14.4 Å². The van der Waals surface area contributed by atoms with Gasteiger partial charge in [-0.1, -0.05) is 48.3 Å². The largest absolute Gasteiger partial charge is 0.388 e. The van der Waals surface area contributed by atoms with Crippen molar-refractivity contribution in [1.82, 2.24) is 4.98 Å². The summed E-state index contributed by atoms with van der Waals surface area (Å²) in [6.45, 7) is 2.53. The number of methoxy groups -OCH3 is 1. The molecule has 4 aromatic rings. The predicted molar refractivity (Wildman–Crippen MR) is 147 cm³/mol. The average molecular weight is 528 g/mol. The molecule has 0 bridgehead atoms. The highest BCUT2D eigenvalue weighted by atomic mass is 35.5. The third kappa shape index (κ3) is 6.10. The standard InChI is InChI=1S/C25H21Cl2N3O3.C2H6O/c1-2-10-28-22-23(25(33)24(22)32)29-16(13-31)12-14-6-8-19-15(11-14)7-9-20(30-19)21-17(26)4-3-5-18(21)27;1-3-2/h3-9,11,13,16,28-29H,2,10,12H2,1H3;1-2H3. The molecular formula is C27H27Cl2N3O4. The van der Waals surface area contributed by atoms with E-state index < -0.39 is 16.9 Å². The van der Waals surface area contributed by atoms with Gasteiger partial charge in [-0.25, -0.2) is 4.98 Å². The number of aldehydes is 1. The molecule has 0 fully saturated rings. The highest BCUT2D eigenvalue weighted by molar-refractivity contribution is 6.39. The number of nitrogens with one attached hydrogen (secondary N) is 2. The van der Waals surface area contributed by atoms with Crippen LogP contribution in [0.2, 0.25) is 10.0 Å². The van der Waals surface area contributed by atoms with Crippen LogP contribution in [-0.2, 0) is 16.0 Å². The van der Waals surface area contributed by atoms with Crippen molar-refractivity contribution in [3.05, 3.63) is 84.6 Å². The molecule has 1 unspecified atom stereocenters. The molecule has 0 amide bonds. The smallest absolute Gasteiger partial charge is 0.253 e. The fourth-order valence-electron chi connectivity index (χ4n) is 3.70. The van der Waals surface area contributed by atoms with Crippen LogP contribution in [0.4, 0.5) is 11.4 Å². The van der Waals surface area contributed by atoms with E-state index in [0.717, 1.165) is 29.2 Å². The number of nitrogens with zero attached hydrogens (tertiary/aromatic N) is 1. The zero-order valence-corrected chi connectivity index (χ0v) is 21.7. The van der Waals surface area contributed by atoms with E-state index >= 15 is 0 Å². The second kappa shape index (κ2) is 12.6. The van der Waals surface area contributed by atoms with Crippen LogP contribution in [0.5, 0.6) is 0 Å². The Morgan fingerprint density at radius 1 is 1.00 bits per heavy atom. The summed E-state index contributed by atoms with van der Waals surface area (Å²) >= 11 is 12.6. The maximum atomic E-state index is 12.0. The zero-order valence-electron chi connectivity index (χ0n) is 20.2. The summed E-state index contributed by atoms with van der Waals surface area (Å²) in [4.78, 5) is 40.1. The Bertz CT molecular complexity index is 1410. The fourth-order valence-corrected chi connectivity index (χ4v) is 4.30. The van der Waals surface area contributed by atoms with Gasteiger partial charge in [0.05, 0.1) is 27.3 Å². The summed E-state index contributed by atoms with van der Waals surface area (Å²) in [5.41, 5.74) is 2.27. The van der Waals surface area contributed by atoms with Crippen molar-refractivity contribution < 1.29 is 9.53 Å². The van der Waals surface area contributed by atoms with Crippen molar-refractivity contribution in [2.75, 3.05) is 31.4 Å². The maximum Gasteiger partial charge on any atom is 0.253 e. The third-order valence-corrected chi connectivity index (χ3v) is 6.01. The summed E-state index contributed by atoms with van der Waals surface area (Å²) in [6.07, 6.45) is 1.90. The lowest BCUT2D eigenvalue weighted by atomic mass is 10.0. The van der Waals surface area contributed by atoms with Gasteiger partial charge in [0.1, 0.15) is 17.7 Å². The van der Waals surface area contributed by atoms with Gasteiger partial charge in [0.2, 0.25) is 0 Å². The van der Waals surface area contributed by atoms with Gasteiger partial charge in [-0.2, -0.15) is 0 Å². The molecule has 4 rings (SSSR count). The predicted octanol–water partition coefficient (Wildman–Crippen LogP) is 5.11.